The average Bonchev–Trinajstić information content (AvgIpc) is 2.99. The molecule has 0 aromatic carbocycles. The van der Waals surface area contributed by atoms with Gasteiger partial charge in [-0.1, -0.05) is 19.1 Å². The Morgan fingerprint density at radius 1 is 1.40 bits per heavy atom. The van der Waals surface area contributed by atoms with Crippen molar-refractivity contribution in [3.8, 4) is 0 Å². The van der Waals surface area contributed by atoms with Crippen molar-refractivity contribution >= 4 is 0 Å². The first-order valence-corrected chi connectivity index (χ1v) is 6.41. The van der Waals surface area contributed by atoms with Crippen LogP contribution in [-0.4, -0.2) is 37.1 Å². The van der Waals surface area contributed by atoms with Gasteiger partial charge in [0.2, 0.25) is 0 Å². The molecule has 1 atom stereocenters. The van der Waals surface area contributed by atoms with Crippen molar-refractivity contribution in [3.05, 3.63) is 12.2 Å². The van der Waals surface area contributed by atoms with E-state index in [-0.39, 0.29) is 0 Å². The highest BCUT2D eigenvalue weighted by molar-refractivity contribution is 4.95. The second-order valence-electron chi connectivity index (χ2n) is 5.12. The van der Waals surface area contributed by atoms with Crippen molar-refractivity contribution < 1.29 is 0 Å². The summed E-state index contributed by atoms with van der Waals surface area (Å²) < 4.78 is 0. The van der Waals surface area contributed by atoms with Gasteiger partial charge >= 0.3 is 0 Å². The second kappa shape index (κ2) is 5.13. The van der Waals surface area contributed by atoms with Crippen LogP contribution in [0.15, 0.2) is 12.2 Å². The molecule has 1 heterocycles. The van der Waals surface area contributed by atoms with Gasteiger partial charge in [0.1, 0.15) is 0 Å². The molecular formula is C13H24N2. The lowest BCUT2D eigenvalue weighted by Crippen LogP contribution is -2.28. The molecule has 0 bridgehead atoms. The van der Waals surface area contributed by atoms with Crippen LogP contribution in [0.25, 0.3) is 0 Å². The summed E-state index contributed by atoms with van der Waals surface area (Å²) in [5.41, 5.74) is 1.33. The van der Waals surface area contributed by atoms with Crippen molar-refractivity contribution in [2.24, 2.45) is 5.92 Å². The lowest BCUT2D eigenvalue weighted by atomic mass is 10.1. The van der Waals surface area contributed by atoms with Crippen LogP contribution in [0.3, 0.4) is 0 Å². The van der Waals surface area contributed by atoms with Crippen LogP contribution >= 0.6 is 0 Å². The van der Waals surface area contributed by atoms with E-state index in [1.54, 1.807) is 0 Å². The third-order valence-electron chi connectivity index (χ3n) is 3.69. The van der Waals surface area contributed by atoms with E-state index >= 15 is 0 Å². The van der Waals surface area contributed by atoms with Gasteiger partial charge in [-0.3, -0.25) is 0 Å². The van der Waals surface area contributed by atoms with Gasteiger partial charge in [0.15, 0.2) is 0 Å². The molecule has 2 rings (SSSR count). The Kier molecular flexibility index (Phi) is 3.81. The summed E-state index contributed by atoms with van der Waals surface area (Å²) >= 11 is 0. The van der Waals surface area contributed by atoms with Gasteiger partial charge < -0.3 is 10.2 Å². The summed E-state index contributed by atoms with van der Waals surface area (Å²) in [7, 11) is 0. The highest BCUT2D eigenvalue weighted by Gasteiger charge is 2.33. The maximum Gasteiger partial charge on any atom is 0.0161 e. The van der Waals surface area contributed by atoms with Gasteiger partial charge in [-0.2, -0.15) is 0 Å². The smallest absolute Gasteiger partial charge is 0.0161 e. The van der Waals surface area contributed by atoms with Crippen LogP contribution in [-0.2, 0) is 0 Å². The molecule has 0 aromatic rings. The molecule has 2 aliphatic rings. The molecule has 1 aliphatic heterocycles. The van der Waals surface area contributed by atoms with Crippen LogP contribution in [0.1, 0.15) is 32.6 Å². The molecule has 86 valence electrons. The van der Waals surface area contributed by atoms with Gasteiger partial charge in [0.05, 0.1) is 0 Å². The Labute approximate surface area is 93.7 Å². The van der Waals surface area contributed by atoms with E-state index in [0.717, 1.165) is 24.9 Å². The molecule has 0 radical (unpaired) electrons. The van der Waals surface area contributed by atoms with E-state index in [2.05, 4.69) is 23.7 Å². The van der Waals surface area contributed by atoms with Gasteiger partial charge in [0.25, 0.3) is 0 Å². The van der Waals surface area contributed by atoms with Crippen molar-refractivity contribution in [1.29, 1.82) is 0 Å². The Balaban J connectivity index is 1.58. The van der Waals surface area contributed by atoms with Crippen molar-refractivity contribution in [2.75, 3.05) is 26.2 Å². The molecule has 0 amide bonds. The molecule has 1 saturated heterocycles. The first-order chi connectivity index (χ1) is 7.29. The number of hydrogen-bond acceptors (Lipinski definition) is 2. The van der Waals surface area contributed by atoms with Gasteiger partial charge in [-0.15, -0.1) is 0 Å². The van der Waals surface area contributed by atoms with Gasteiger partial charge in [-0.25, -0.2) is 0 Å². The highest BCUT2D eigenvalue weighted by Crippen LogP contribution is 2.31. The van der Waals surface area contributed by atoms with E-state index < -0.39 is 0 Å². The first kappa shape index (κ1) is 11.2. The summed E-state index contributed by atoms with van der Waals surface area (Å²) in [6.45, 7) is 11.1. The van der Waals surface area contributed by atoms with Crippen LogP contribution in [0, 0.1) is 5.92 Å². The zero-order valence-corrected chi connectivity index (χ0v) is 9.97. The summed E-state index contributed by atoms with van der Waals surface area (Å²) in [4.78, 5) is 2.68. The molecule has 1 unspecified atom stereocenters. The maximum atomic E-state index is 4.02. The van der Waals surface area contributed by atoms with Crippen LogP contribution < -0.4 is 5.32 Å². The van der Waals surface area contributed by atoms with Crippen molar-refractivity contribution in [2.45, 2.75) is 38.6 Å². The van der Waals surface area contributed by atoms with Crippen LogP contribution in [0.5, 0.6) is 0 Å². The fourth-order valence-electron chi connectivity index (χ4n) is 2.38. The van der Waals surface area contributed by atoms with Gasteiger partial charge in [-0.05, 0) is 44.7 Å². The zero-order chi connectivity index (χ0) is 10.7. The Hall–Kier alpha value is -0.340. The van der Waals surface area contributed by atoms with E-state index in [1.807, 2.05) is 0 Å². The molecule has 2 nitrogen and oxygen atoms in total. The largest absolute Gasteiger partial charge is 0.313 e. The third-order valence-corrected chi connectivity index (χ3v) is 3.69. The van der Waals surface area contributed by atoms with E-state index in [4.69, 9.17) is 0 Å². The molecule has 2 heteroatoms. The Morgan fingerprint density at radius 3 is 2.87 bits per heavy atom. The first-order valence-electron chi connectivity index (χ1n) is 6.41. The fraction of sp³-hybridized carbons (Fsp3) is 0.846. The van der Waals surface area contributed by atoms with Gasteiger partial charge in [0, 0.05) is 19.1 Å². The number of nitrogens with one attached hydrogen (secondary N) is 1. The zero-order valence-electron chi connectivity index (χ0n) is 9.97. The topological polar surface area (TPSA) is 15.3 Å². The number of rotatable bonds is 6. The molecule has 2 fully saturated rings. The minimum Gasteiger partial charge on any atom is -0.313 e. The SMILES string of the molecule is C=C(CC)CNCC1CCN(C2CC2)C1. The maximum absolute atomic E-state index is 4.02. The monoisotopic (exact) mass is 208 g/mol. The summed E-state index contributed by atoms with van der Waals surface area (Å²) in [6.07, 6.45) is 5.40. The standard InChI is InChI=1S/C13H24N2/c1-3-11(2)8-14-9-12-6-7-15(10-12)13-4-5-13/h12-14H,2-10H2,1H3. The second-order valence-corrected chi connectivity index (χ2v) is 5.12. The lowest BCUT2D eigenvalue weighted by molar-refractivity contribution is 0.312. The lowest BCUT2D eigenvalue weighted by Gasteiger charge is -2.15. The average molecular weight is 208 g/mol. The molecule has 1 aliphatic carbocycles. The number of likely N-dealkylation sites (tertiary alicyclic amines) is 1. The number of hydrogen-bond donors (Lipinski definition) is 1. The van der Waals surface area contributed by atoms with Crippen molar-refractivity contribution in [1.82, 2.24) is 10.2 Å². The summed E-state index contributed by atoms with van der Waals surface area (Å²) in [5, 5.41) is 3.53. The minimum absolute atomic E-state index is 0.884. The van der Waals surface area contributed by atoms with E-state index in [1.165, 1.54) is 44.5 Å². The van der Waals surface area contributed by atoms with Crippen molar-refractivity contribution in [3.63, 3.8) is 0 Å². The molecule has 1 N–H and O–H groups in total. The fourth-order valence-corrected chi connectivity index (χ4v) is 2.38. The van der Waals surface area contributed by atoms with Crippen LogP contribution in [0.4, 0.5) is 0 Å². The van der Waals surface area contributed by atoms with E-state index in [9.17, 15) is 0 Å². The molecule has 0 spiro atoms. The Morgan fingerprint density at radius 2 is 2.20 bits per heavy atom. The minimum atomic E-state index is 0.884. The van der Waals surface area contributed by atoms with Crippen LogP contribution in [0.2, 0.25) is 0 Å². The quantitative estimate of drug-likeness (QED) is 0.672. The number of nitrogens with zero attached hydrogens (tertiary/aromatic N) is 1. The summed E-state index contributed by atoms with van der Waals surface area (Å²) in [5.74, 6) is 0.884. The molecule has 1 saturated carbocycles. The third kappa shape index (κ3) is 3.32. The predicted octanol–water partition coefficient (Wildman–Crippen LogP) is 2.03. The normalized spacial score (nSPS) is 27.1. The predicted molar refractivity (Wildman–Crippen MR) is 65.0 cm³/mol. The Bertz CT molecular complexity index is 221. The van der Waals surface area contributed by atoms with E-state index in [0.29, 0.717) is 0 Å². The molecule has 0 aromatic heterocycles. The highest BCUT2D eigenvalue weighted by atomic mass is 15.2. The summed E-state index contributed by atoms with van der Waals surface area (Å²) in [6, 6.07) is 0.959. The molecular weight excluding hydrogens is 184 g/mol. The molecule has 15 heavy (non-hydrogen) atoms.